The van der Waals surface area contributed by atoms with E-state index in [1.54, 1.807) is 41.6 Å². The van der Waals surface area contributed by atoms with Gasteiger partial charge < -0.3 is 10.2 Å². The van der Waals surface area contributed by atoms with Gasteiger partial charge in [-0.25, -0.2) is 5.48 Å². The normalized spacial score (nSPS) is 10.6. The van der Waals surface area contributed by atoms with Gasteiger partial charge >= 0.3 is 0 Å². The standard InChI is InChI=1S/C22H23N3O4S/c1-2-21(27)25(11-10-15-6-4-3-5-7-15)14-20(26)23-17-8-9-18-16(12-17)13-19(30-18)22(28)24-29/h3-9,12-13,29H,2,10-11,14H2,1H3,(H,23,26)(H,24,28). The molecule has 0 fully saturated rings. The summed E-state index contributed by atoms with van der Waals surface area (Å²) in [6.45, 7) is 2.22. The molecule has 30 heavy (non-hydrogen) atoms. The summed E-state index contributed by atoms with van der Waals surface area (Å²) < 4.78 is 0.859. The Hall–Kier alpha value is -3.23. The molecule has 0 aliphatic carbocycles. The van der Waals surface area contributed by atoms with Crippen molar-refractivity contribution in [3.63, 3.8) is 0 Å². The SMILES string of the molecule is CCC(=O)N(CCc1ccccc1)CC(=O)Nc1ccc2sc(C(=O)NO)cc2c1. The van der Waals surface area contributed by atoms with E-state index in [9.17, 15) is 14.4 Å². The molecule has 0 aliphatic rings. The van der Waals surface area contributed by atoms with Crippen LogP contribution in [0.15, 0.2) is 54.6 Å². The van der Waals surface area contributed by atoms with Crippen molar-refractivity contribution in [2.24, 2.45) is 0 Å². The fourth-order valence-electron chi connectivity index (χ4n) is 3.09. The predicted octanol–water partition coefficient (Wildman–Crippen LogP) is 3.44. The molecule has 3 amide bonds. The van der Waals surface area contributed by atoms with Gasteiger partial charge in [-0.1, -0.05) is 37.3 Å². The van der Waals surface area contributed by atoms with Gasteiger partial charge in [-0.15, -0.1) is 11.3 Å². The minimum Gasteiger partial charge on any atom is -0.333 e. The third-order valence-electron chi connectivity index (χ3n) is 4.63. The molecule has 7 nitrogen and oxygen atoms in total. The Morgan fingerprint density at radius 3 is 2.53 bits per heavy atom. The number of hydrogen-bond donors (Lipinski definition) is 3. The lowest BCUT2D eigenvalue weighted by atomic mass is 10.1. The summed E-state index contributed by atoms with van der Waals surface area (Å²) in [6.07, 6.45) is 1.01. The lowest BCUT2D eigenvalue weighted by Gasteiger charge is -2.22. The number of fused-ring (bicyclic) bond motifs is 1. The van der Waals surface area contributed by atoms with Crippen LogP contribution in [0.3, 0.4) is 0 Å². The zero-order chi connectivity index (χ0) is 21.5. The lowest BCUT2D eigenvalue weighted by molar-refractivity contribution is -0.134. The van der Waals surface area contributed by atoms with Gasteiger partial charge in [0.1, 0.15) is 0 Å². The highest BCUT2D eigenvalue weighted by molar-refractivity contribution is 7.20. The Morgan fingerprint density at radius 1 is 1.07 bits per heavy atom. The molecular formula is C22H23N3O4S. The van der Waals surface area contributed by atoms with E-state index in [0.717, 1.165) is 15.6 Å². The molecule has 8 heteroatoms. The molecule has 3 rings (SSSR count). The van der Waals surface area contributed by atoms with Crippen LogP contribution in [0.2, 0.25) is 0 Å². The summed E-state index contributed by atoms with van der Waals surface area (Å²) in [5.41, 5.74) is 3.30. The van der Waals surface area contributed by atoms with Crippen LogP contribution in [-0.4, -0.2) is 40.9 Å². The number of carbonyl (C=O) groups excluding carboxylic acids is 3. The quantitative estimate of drug-likeness (QED) is 0.380. The van der Waals surface area contributed by atoms with Crippen LogP contribution in [-0.2, 0) is 16.0 Å². The van der Waals surface area contributed by atoms with Gasteiger partial charge in [-0.05, 0) is 41.6 Å². The van der Waals surface area contributed by atoms with Gasteiger partial charge in [0.2, 0.25) is 11.8 Å². The van der Waals surface area contributed by atoms with Crippen molar-refractivity contribution >= 4 is 44.8 Å². The molecule has 0 radical (unpaired) electrons. The monoisotopic (exact) mass is 425 g/mol. The van der Waals surface area contributed by atoms with Gasteiger partial charge in [0, 0.05) is 23.4 Å². The number of thiophene rings is 1. The first-order chi connectivity index (χ1) is 14.5. The van der Waals surface area contributed by atoms with Crippen molar-refractivity contribution in [3.05, 3.63) is 65.0 Å². The van der Waals surface area contributed by atoms with Crippen LogP contribution in [0.4, 0.5) is 5.69 Å². The number of nitrogens with zero attached hydrogens (tertiary/aromatic N) is 1. The molecule has 0 saturated carbocycles. The topological polar surface area (TPSA) is 98.7 Å². The maximum absolute atomic E-state index is 12.6. The molecule has 3 aromatic rings. The van der Waals surface area contributed by atoms with Crippen LogP contribution < -0.4 is 10.8 Å². The second-order valence-electron chi connectivity index (χ2n) is 6.76. The highest BCUT2D eigenvalue weighted by Gasteiger charge is 2.16. The number of carbonyl (C=O) groups is 3. The van der Waals surface area contributed by atoms with Crippen LogP contribution >= 0.6 is 11.3 Å². The number of anilines is 1. The molecule has 1 heterocycles. The minimum absolute atomic E-state index is 0.0284. The molecule has 3 N–H and O–H groups in total. The summed E-state index contributed by atoms with van der Waals surface area (Å²) >= 11 is 1.24. The highest BCUT2D eigenvalue weighted by atomic mass is 32.1. The average molecular weight is 426 g/mol. The summed E-state index contributed by atoms with van der Waals surface area (Å²) in [6, 6.07) is 16.8. The van der Waals surface area contributed by atoms with Crippen molar-refractivity contribution in [1.82, 2.24) is 10.4 Å². The molecule has 2 aromatic carbocycles. The van der Waals surface area contributed by atoms with Crippen molar-refractivity contribution in [1.29, 1.82) is 0 Å². The zero-order valence-electron chi connectivity index (χ0n) is 16.6. The molecular weight excluding hydrogens is 402 g/mol. The summed E-state index contributed by atoms with van der Waals surface area (Å²) in [4.78, 5) is 38.3. The second-order valence-corrected chi connectivity index (χ2v) is 7.84. The van der Waals surface area contributed by atoms with Crippen LogP contribution in [0, 0.1) is 0 Å². The number of nitrogens with one attached hydrogen (secondary N) is 2. The summed E-state index contributed by atoms with van der Waals surface area (Å²) in [5, 5.41) is 12.4. The predicted molar refractivity (Wildman–Crippen MR) is 117 cm³/mol. The van der Waals surface area contributed by atoms with E-state index < -0.39 is 5.91 Å². The lowest BCUT2D eigenvalue weighted by Crippen LogP contribution is -2.39. The van der Waals surface area contributed by atoms with Crippen molar-refractivity contribution in [2.45, 2.75) is 19.8 Å². The van der Waals surface area contributed by atoms with E-state index in [1.165, 1.54) is 11.3 Å². The maximum Gasteiger partial charge on any atom is 0.284 e. The summed E-state index contributed by atoms with van der Waals surface area (Å²) in [5.74, 6) is -0.935. The molecule has 156 valence electrons. The fraction of sp³-hybridized carbons (Fsp3) is 0.227. The van der Waals surface area contributed by atoms with Gasteiger partial charge in [0.05, 0.1) is 11.4 Å². The van der Waals surface area contributed by atoms with E-state index in [0.29, 0.717) is 30.0 Å². The van der Waals surface area contributed by atoms with Crippen molar-refractivity contribution in [2.75, 3.05) is 18.4 Å². The van der Waals surface area contributed by atoms with Gasteiger partial charge in [-0.3, -0.25) is 19.6 Å². The van der Waals surface area contributed by atoms with E-state index in [2.05, 4.69) is 5.32 Å². The Kier molecular flexibility index (Phi) is 7.16. The molecule has 0 aliphatic heterocycles. The van der Waals surface area contributed by atoms with Crippen LogP contribution in [0.25, 0.3) is 10.1 Å². The first kappa shape index (κ1) is 21.5. The fourth-order valence-corrected chi connectivity index (χ4v) is 4.02. The molecule has 0 bridgehead atoms. The molecule has 0 spiro atoms. The molecule has 0 atom stereocenters. The Morgan fingerprint density at radius 2 is 1.83 bits per heavy atom. The first-order valence-corrected chi connectivity index (χ1v) is 10.4. The van der Waals surface area contributed by atoms with Gasteiger partial charge in [0.15, 0.2) is 0 Å². The van der Waals surface area contributed by atoms with E-state index in [-0.39, 0.29) is 18.4 Å². The smallest absolute Gasteiger partial charge is 0.284 e. The molecule has 0 saturated heterocycles. The van der Waals surface area contributed by atoms with Crippen molar-refractivity contribution in [3.8, 4) is 0 Å². The Balaban J connectivity index is 1.65. The minimum atomic E-state index is -0.575. The van der Waals surface area contributed by atoms with E-state index in [4.69, 9.17) is 5.21 Å². The number of rotatable bonds is 8. The Labute approximate surface area is 178 Å². The van der Waals surface area contributed by atoms with Crippen LogP contribution in [0.1, 0.15) is 28.6 Å². The number of hydroxylamine groups is 1. The number of benzene rings is 2. The van der Waals surface area contributed by atoms with E-state index in [1.807, 2.05) is 30.3 Å². The maximum atomic E-state index is 12.6. The second kappa shape index (κ2) is 10.00. The summed E-state index contributed by atoms with van der Waals surface area (Å²) in [7, 11) is 0. The van der Waals surface area contributed by atoms with E-state index >= 15 is 0 Å². The van der Waals surface area contributed by atoms with Gasteiger partial charge in [-0.2, -0.15) is 0 Å². The number of amides is 3. The molecule has 1 aromatic heterocycles. The zero-order valence-corrected chi connectivity index (χ0v) is 17.4. The van der Waals surface area contributed by atoms with Gasteiger partial charge in [0.25, 0.3) is 5.91 Å². The highest BCUT2D eigenvalue weighted by Crippen LogP contribution is 2.28. The number of hydrogen-bond acceptors (Lipinski definition) is 5. The largest absolute Gasteiger partial charge is 0.333 e. The Bertz CT molecular complexity index is 1050. The molecule has 0 unspecified atom stereocenters. The first-order valence-electron chi connectivity index (χ1n) is 9.59. The van der Waals surface area contributed by atoms with Crippen LogP contribution in [0.5, 0.6) is 0 Å². The third-order valence-corrected chi connectivity index (χ3v) is 5.74. The average Bonchev–Trinajstić information content (AvgIpc) is 3.19. The third kappa shape index (κ3) is 5.43. The van der Waals surface area contributed by atoms with Crippen molar-refractivity contribution < 1.29 is 19.6 Å².